The van der Waals surface area contributed by atoms with Gasteiger partial charge in [-0.1, -0.05) is 35.3 Å². The van der Waals surface area contributed by atoms with Crippen molar-refractivity contribution in [1.29, 1.82) is 0 Å². The fourth-order valence-electron chi connectivity index (χ4n) is 1.39. The highest BCUT2D eigenvalue weighted by atomic mass is 35.5. The minimum atomic E-state index is -0.447. The molecule has 0 saturated heterocycles. The monoisotopic (exact) mass is 292 g/mol. The maximum absolute atomic E-state index is 11.6. The average Bonchev–Trinajstić information content (AvgIpc) is 2.41. The second kappa shape index (κ2) is 6.41. The molecule has 0 saturated carbocycles. The van der Waals surface area contributed by atoms with Crippen LogP contribution in [0.3, 0.4) is 0 Å². The number of carbonyl (C=O) groups is 1. The van der Waals surface area contributed by atoms with E-state index < -0.39 is 5.97 Å². The van der Waals surface area contributed by atoms with E-state index in [-0.39, 0.29) is 0 Å². The first-order chi connectivity index (χ1) is 9.13. The zero-order chi connectivity index (χ0) is 13.7. The van der Waals surface area contributed by atoms with Crippen molar-refractivity contribution in [1.82, 2.24) is 0 Å². The molecule has 19 heavy (non-hydrogen) atoms. The molecule has 96 valence electrons. The van der Waals surface area contributed by atoms with Gasteiger partial charge in [-0.2, -0.15) is 0 Å². The zero-order valence-electron chi connectivity index (χ0n) is 9.85. The molecule has 2 rings (SSSR count). The van der Waals surface area contributed by atoms with E-state index in [1.165, 1.54) is 6.08 Å². The van der Waals surface area contributed by atoms with Crippen LogP contribution in [0.5, 0.6) is 5.75 Å². The highest BCUT2D eigenvalue weighted by Crippen LogP contribution is 2.16. The molecule has 0 fully saturated rings. The Kier molecular flexibility index (Phi) is 4.61. The van der Waals surface area contributed by atoms with Crippen molar-refractivity contribution < 1.29 is 9.53 Å². The van der Waals surface area contributed by atoms with Gasteiger partial charge >= 0.3 is 5.97 Å². The van der Waals surface area contributed by atoms with Crippen LogP contribution in [0.15, 0.2) is 54.6 Å². The second-order valence-corrected chi connectivity index (χ2v) is 4.63. The maximum Gasteiger partial charge on any atom is 0.336 e. The number of hydrogen-bond donors (Lipinski definition) is 0. The molecular weight excluding hydrogens is 283 g/mol. The molecule has 0 aliphatic rings. The fraction of sp³-hybridized carbons (Fsp3) is 0. The van der Waals surface area contributed by atoms with Crippen LogP contribution >= 0.6 is 23.2 Å². The summed E-state index contributed by atoms with van der Waals surface area (Å²) in [5.74, 6) is 0.00688. The molecule has 0 heterocycles. The second-order valence-electron chi connectivity index (χ2n) is 3.76. The lowest BCUT2D eigenvalue weighted by Gasteiger charge is -2.00. The number of hydrogen-bond acceptors (Lipinski definition) is 2. The SMILES string of the molecule is O=C(/C=C/c1ccc(Cl)cc1)Oc1ccc(Cl)cc1. The van der Waals surface area contributed by atoms with Crippen molar-refractivity contribution in [2.75, 3.05) is 0 Å². The summed E-state index contributed by atoms with van der Waals surface area (Å²) < 4.78 is 5.10. The smallest absolute Gasteiger partial charge is 0.336 e. The van der Waals surface area contributed by atoms with Crippen molar-refractivity contribution in [3.05, 3.63) is 70.2 Å². The molecule has 0 N–H and O–H groups in total. The highest BCUT2D eigenvalue weighted by Gasteiger charge is 2.00. The summed E-state index contributed by atoms with van der Waals surface area (Å²) in [6.45, 7) is 0. The first kappa shape index (κ1) is 13.7. The van der Waals surface area contributed by atoms with Crippen LogP contribution in [0.25, 0.3) is 6.08 Å². The Morgan fingerprint density at radius 3 is 2.00 bits per heavy atom. The van der Waals surface area contributed by atoms with E-state index in [2.05, 4.69) is 0 Å². The van der Waals surface area contributed by atoms with Gasteiger partial charge in [0.05, 0.1) is 0 Å². The zero-order valence-corrected chi connectivity index (χ0v) is 11.4. The van der Waals surface area contributed by atoms with Crippen molar-refractivity contribution in [2.24, 2.45) is 0 Å². The molecule has 2 aromatic rings. The first-order valence-electron chi connectivity index (χ1n) is 5.54. The maximum atomic E-state index is 11.6. The molecule has 0 aromatic heterocycles. The molecule has 0 aliphatic heterocycles. The number of halogens is 2. The predicted molar refractivity (Wildman–Crippen MR) is 77.6 cm³/mol. The van der Waals surface area contributed by atoms with Gasteiger partial charge in [-0.15, -0.1) is 0 Å². The standard InChI is InChI=1S/C15H10Cl2O2/c16-12-4-1-11(2-5-12)3-10-15(18)19-14-8-6-13(17)7-9-14/h1-10H/b10-3+. The van der Waals surface area contributed by atoms with E-state index in [1.807, 2.05) is 12.1 Å². The van der Waals surface area contributed by atoms with Crippen LogP contribution < -0.4 is 4.74 Å². The van der Waals surface area contributed by atoms with Gasteiger partial charge in [0.15, 0.2) is 0 Å². The van der Waals surface area contributed by atoms with Gasteiger partial charge in [0, 0.05) is 16.1 Å². The molecule has 0 radical (unpaired) electrons. The lowest BCUT2D eigenvalue weighted by atomic mass is 10.2. The van der Waals surface area contributed by atoms with E-state index in [0.29, 0.717) is 15.8 Å². The van der Waals surface area contributed by atoms with Gasteiger partial charge in [-0.05, 0) is 48.0 Å². The van der Waals surface area contributed by atoms with Crippen molar-refractivity contribution in [3.63, 3.8) is 0 Å². The van der Waals surface area contributed by atoms with Gasteiger partial charge in [0.2, 0.25) is 0 Å². The normalized spacial score (nSPS) is 10.6. The van der Waals surface area contributed by atoms with Crippen LogP contribution in [0, 0.1) is 0 Å². The molecule has 4 heteroatoms. The van der Waals surface area contributed by atoms with Crippen LogP contribution in [-0.4, -0.2) is 5.97 Å². The van der Waals surface area contributed by atoms with Crippen LogP contribution in [0.2, 0.25) is 10.0 Å². The Morgan fingerprint density at radius 2 is 1.42 bits per heavy atom. The number of ether oxygens (including phenoxy) is 1. The average molecular weight is 293 g/mol. The van der Waals surface area contributed by atoms with Crippen molar-refractivity contribution in [2.45, 2.75) is 0 Å². The molecule has 0 unspecified atom stereocenters. The number of esters is 1. The van der Waals surface area contributed by atoms with Crippen molar-refractivity contribution >= 4 is 35.2 Å². The minimum absolute atomic E-state index is 0.447. The van der Waals surface area contributed by atoms with Crippen LogP contribution in [-0.2, 0) is 4.79 Å². The summed E-state index contributed by atoms with van der Waals surface area (Å²) in [6.07, 6.45) is 3.02. The van der Waals surface area contributed by atoms with Crippen molar-refractivity contribution in [3.8, 4) is 5.75 Å². The Labute approximate surface area is 121 Å². The van der Waals surface area contributed by atoms with E-state index in [0.717, 1.165) is 5.56 Å². The summed E-state index contributed by atoms with van der Waals surface area (Å²) in [6, 6.07) is 13.7. The third-order valence-electron chi connectivity index (χ3n) is 2.31. The minimum Gasteiger partial charge on any atom is -0.423 e. The van der Waals surface area contributed by atoms with E-state index in [4.69, 9.17) is 27.9 Å². The van der Waals surface area contributed by atoms with E-state index >= 15 is 0 Å². The topological polar surface area (TPSA) is 26.3 Å². The third-order valence-corrected chi connectivity index (χ3v) is 2.82. The van der Waals surface area contributed by atoms with Gasteiger partial charge in [-0.3, -0.25) is 0 Å². The third kappa shape index (κ3) is 4.43. The van der Waals surface area contributed by atoms with Gasteiger partial charge in [0.1, 0.15) is 5.75 Å². The summed E-state index contributed by atoms with van der Waals surface area (Å²) in [4.78, 5) is 11.6. The number of benzene rings is 2. The molecule has 0 spiro atoms. The van der Waals surface area contributed by atoms with E-state index in [1.54, 1.807) is 42.5 Å². The summed E-state index contributed by atoms with van der Waals surface area (Å²) >= 11 is 11.5. The Balaban J connectivity index is 1.97. The molecule has 0 amide bonds. The van der Waals surface area contributed by atoms with Crippen LogP contribution in [0.1, 0.15) is 5.56 Å². The number of rotatable bonds is 3. The van der Waals surface area contributed by atoms with Gasteiger partial charge < -0.3 is 4.74 Å². The quantitative estimate of drug-likeness (QED) is 0.469. The summed E-state index contributed by atoms with van der Waals surface area (Å²) in [5, 5.41) is 1.25. The van der Waals surface area contributed by atoms with Gasteiger partial charge in [-0.25, -0.2) is 4.79 Å². The molecule has 2 nitrogen and oxygen atoms in total. The predicted octanol–water partition coefficient (Wildman–Crippen LogP) is 4.61. The largest absolute Gasteiger partial charge is 0.423 e. The van der Waals surface area contributed by atoms with E-state index in [9.17, 15) is 4.79 Å². The molecule has 2 aromatic carbocycles. The molecule has 0 atom stereocenters. The van der Waals surface area contributed by atoms with Gasteiger partial charge in [0.25, 0.3) is 0 Å². The Morgan fingerprint density at radius 1 is 0.895 bits per heavy atom. The Bertz CT molecular complexity index is 587. The summed E-state index contributed by atoms with van der Waals surface area (Å²) in [7, 11) is 0. The lowest BCUT2D eigenvalue weighted by molar-refractivity contribution is -0.128. The van der Waals surface area contributed by atoms with Crippen LogP contribution in [0.4, 0.5) is 0 Å². The summed E-state index contributed by atoms with van der Waals surface area (Å²) in [5.41, 5.74) is 0.873. The lowest BCUT2D eigenvalue weighted by Crippen LogP contribution is -2.03. The fourth-order valence-corrected chi connectivity index (χ4v) is 1.64. The highest BCUT2D eigenvalue weighted by molar-refractivity contribution is 6.30. The molecule has 0 aliphatic carbocycles. The Hall–Kier alpha value is -1.77. The number of carbonyl (C=O) groups excluding carboxylic acids is 1. The first-order valence-corrected chi connectivity index (χ1v) is 6.30. The molecule has 0 bridgehead atoms. The molecular formula is C15H10Cl2O2.